The molecular formula is C11H21NO2. The molecule has 2 N–H and O–H groups in total. The van der Waals surface area contributed by atoms with Crippen molar-refractivity contribution in [1.29, 1.82) is 0 Å². The number of hydrogen-bond donors (Lipinski definition) is 2. The molecule has 0 heterocycles. The van der Waals surface area contributed by atoms with E-state index in [4.69, 9.17) is 5.11 Å². The molecule has 3 nitrogen and oxygen atoms in total. The molecule has 0 saturated carbocycles. The smallest absolute Gasteiger partial charge is 0.332 e. The lowest BCUT2D eigenvalue weighted by Gasteiger charge is -2.32. The fourth-order valence-corrected chi connectivity index (χ4v) is 1.49. The summed E-state index contributed by atoms with van der Waals surface area (Å²) in [6, 6.07) is 0. The summed E-state index contributed by atoms with van der Waals surface area (Å²) in [5.74, 6) is -0.922. The van der Waals surface area contributed by atoms with Crippen LogP contribution in [0.15, 0.2) is 12.2 Å². The standard InChI is InChI=1S/C11H21NO2/c1-5-11(6-2,7-3)12-8-9(4)10(13)14/h12H,4-8H2,1-3H3,(H,13,14). The normalized spacial score (nSPS) is 11.4. The number of hydrogen-bond acceptors (Lipinski definition) is 2. The Kier molecular flexibility index (Phi) is 5.46. The number of carboxylic acid groups (broad SMARTS) is 1. The van der Waals surface area contributed by atoms with E-state index in [-0.39, 0.29) is 11.1 Å². The van der Waals surface area contributed by atoms with Crippen LogP contribution in [0.5, 0.6) is 0 Å². The number of aliphatic carboxylic acids is 1. The number of carbonyl (C=O) groups is 1. The number of nitrogens with one attached hydrogen (secondary N) is 1. The molecule has 0 atom stereocenters. The second-order valence-electron chi connectivity index (χ2n) is 3.60. The molecule has 82 valence electrons. The minimum Gasteiger partial charge on any atom is -0.478 e. The third kappa shape index (κ3) is 3.50. The Labute approximate surface area is 86.2 Å². The van der Waals surface area contributed by atoms with Gasteiger partial charge >= 0.3 is 5.97 Å². The zero-order chi connectivity index (χ0) is 11.2. The summed E-state index contributed by atoms with van der Waals surface area (Å²) in [6.45, 7) is 10.2. The summed E-state index contributed by atoms with van der Waals surface area (Å²) < 4.78 is 0. The molecule has 3 heteroatoms. The molecule has 0 unspecified atom stereocenters. The molecule has 0 aliphatic rings. The summed E-state index contributed by atoms with van der Waals surface area (Å²) in [7, 11) is 0. The predicted molar refractivity (Wildman–Crippen MR) is 58.4 cm³/mol. The van der Waals surface area contributed by atoms with Crippen LogP contribution in [0.3, 0.4) is 0 Å². The summed E-state index contributed by atoms with van der Waals surface area (Å²) >= 11 is 0. The second-order valence-corrected chi connectivity index (χ2v) is 3.60. The van der Waals surface area contributed by atoms with Gasteiger partial charge in [0.25, 0.3) is 0 Å². The molecule has 0 fully saturated rings. The Balaban J connectivity index is 4.19. The highest BCUT2D eigenvalue weighted by molar-refractivity contribution is 5.86. The van der Waals surface area contributed by atoms with Gasteiger partial charge in [0.2, 0.25) is 0 Å². The van der Waals surface area contributed by atoms with Gasteiger partial charge in [0, 0.05) is 17.7 Å². The van der Waals surface area contributed by atoms with Crippen LogP contribution in [0.4, 0.5) is 0 Å². The van der Waals surface area contributed by atoms with Crippen LogP contribution in [0, 0.1) is 0 Å². The molecule has 0 aromatic carbocycles. The van der Waals surface area contributed by atoms with Crippen LogP contribution in [0.2, 0.25) is 0 Å². The molecule has 14 heavy (non-hydrogen) atoms. The predicted octanol–water partition coefficient (Wildman–Crippen LogP) is 2.19. The molecule has 0 bridgehead atoms. The van der Waals surface area contributed by atoms with Crippen molar-refractivity contribution in [3.05, 3.63) is 12.2 Å². The summed E-state index contributed by atoms with van der Waals surface area (Å²) in [5.41, 5.74) is 0.294. The van der Waals surface area contributed by atoms with Crippen LogP contribution >= 0.6 is 0 Å². The highest BCUT2D eigenvalue weighted by Crippen LogP contribution is 2.19. The van der Waals surface area contributed by atoms with Gasteiger partial charge in [-0.25, -0.2) is 4.79 Å². The minimum atomic E-state index is -0.922. The summed E-state index contributed by atoms with van der Waals surface area (Å²) in [5, 5.41) is 11.9. The van der Waals surface area contributed by atoms with Gasteiger partial charge in [-0.15, -0.1) is 0 Å². The van der Waals surface area contributed by atoms with Crippen LogP contribution < -0.4 is 5.32 Å². The van der Waals surface area contributed by atoms with Crippen molar-refractivity contribution < 1.29 is 9.90 Å². The van der Waals surface area contributed by atoms with E-state index in [9.17, 15) is 4.79 Å². The van der Waals surface area contributed by atoms with E-state index in [2.05, 4.69) is 32.7 Å². The fourth-order valence-electron chi connectivity index (χ4n) is 1.49. The molecule has 0 rings (SSSR count). The Morgan fingerprint density at radius 1 is 1.29 bits per heavy atom. The third-order valence-electron chi connectivity index (χ3n) is 3.01. The van der Waals surface area contributed by atoms with Crippen molar-refractivity contribution in [3.63, 3.8) is 0 Å². The maximum absolute atomic E-state index is 10.5. The van der Waals surface area contributed by atoms with E-state index < -0.39 is 5.97 Å². The third-order valence-corrected chi connectivity index (χ3v) is 3.01. The van der Waals surface area contributed by atoms with Crippen molar-refractivity contribution >= 4 is 5.97 Å². The zero-order valence-corrected chi connectivity index (χ0v) is 9.39. The molecule has 0 aromatic rings. The molecular weight excluding hydrogens is 178 g/mol. The minimum absolute atomic E-state index is 0.0678. The molecule has 0 saturated heterocycles. The topological polar surface area (TPSA) is 49.3 Å². The van der Waals surface area contributed by atoms with Gasteiger partial charge < -0.3 is 10.4 Å². The maximum Gasteiger partial charge on any atom is 0.332 e. The fraction of sp³-hybridized carbons (Fsp3) is 0.727. The van der Waals surface area contributed by atoms with Gasteiger partial charge in [-0.2, -0.15) is 0 Å². The molecule has 0 aliphatic carbocycles. The summed E-state index contributed by atoms with van der Waals surface area (Å²) in [4.78, 5) is 10.5. The molecule has 0 radical (unpaired) electrons. The first-order valence-corrected chi connectivity index (χ1v) is 5.17. The van der Waals surface area contributed by atoms with Crippen molar-refractivity contribution in [3.8, 4) is 0 Å². The van der Waals surface area contributed by atoms with E-state index in [1.165, 1.54) is 0 Å². The van der Waals surface area contributed by atoms with E-state index in [1.54, 1.807) is 0 Å². The first-order chi connectivity index (χ1) is 6.51. The summed E-state index contributed by atoms with van der Waals surface area (Å²) in [6.07, 6.45) is 3.02. The number of rotatable bonds is 7. The van der Waals surface area contributed by atoms with Crippen molar-refractivity contribution in [1.82, 2.24) is 5.32 Å². The van der Waals surface area contributed by atoms with Crippen LogP contribution in [0.1, 0.15) is 40.0 Å². The first kappa shape index (κ1) is 13.2. The van der Waals surface area contributed by atoms with Gasteiger partial charge in [0.15, 0.2) is 0 Å². The van der Waals surface area contributed by atoms with Crippen LogP contribution in [0.25, 0.3) is 0 Å². The Hall–Kier alpha value is -0.830. The van der Waals surface area contributed by atoms with Crippen molar-refractivity contribution in [2.24, 2.45) is 0 Å². The van der Waals surface area contributed by atoms with Crippen molar-refractivity contribution in [2.75, 3.05) is 6.54 Å². The molecule has 0 amide bonds. The SMILES string of the molecule is C=C(CNC(CC)(CC)CC)C(=O)O. The highest BCUT2D eigenvalue weighted by atomic mass is 16.4. The quantitative estimate of drug-likeness (QED) is 0.618. The average Bonchev–Trinajstić information content (AvgIpc) is 2.20. The van der Waals surface area contributed by atoms with Gasteiger partial charge in [0.1, 0.15) is 0 Å². The van der Waals surface area contributed by atoms with Crippen LogP contribution in [-0.4, -0.2) is 23.2 Å². The van der Waals surface area contributed by atoms with Crippen LogP contribution in [-0.2, 0) is 4.79 Å². The van der Waals surface area contributed by atoms with E-state index in [1.807, 2.05) is 0 Å². The lowest BCUT2D eigenvalue weighted by Crippen LogP contribution is -2.44. The Bertz CT molecular complexity index is 199. The molecule has 0 aliphatic heterocycles. The average molecular weight is 199 g/mol. The van der Waals surface area contributed by atoms with Gasteiger partial charge in [-0.3, -0.25) is 0 Å². The first-order valence-electron chi connectivity index (χ1n) is 5.17. The van der Waals surface area contributed by atoms with Gasteiger partial charge in [-0.05, 0) is 19.3 Å². The lowest BCUT2D eigenvalue weighted by atomic mass is 9.89. The van der Waals surface area contributed by atoms with Gasteiger partial charge in [0.05, 0.1) is 0 Å². The van der Waals surface area contributed by atoms with E-state index in [0.29, 0.717) is 6.54 Å². The Morgan fingerprint density at radius 3 is 2.00 bits per heavy atom. The van der Waals surface area contributed by atoms with Gasteiger partial charge in [-0.1, -0.05) is 27.4 Å². The highest BCUT2D eigenvalue weighted by Gasteiger charge is 2.23. The van der Waals surface area contributed by atoms with E-state index >= 15 is 0 Å². The molecule has 0 aromatic heterocycles. The number of carboxylic acids is 1. The monoisotopic (exact) mass is 199 g/mol. The maximum atomic E-state index is 10.5. The van der Waals surface area contributed by atoms with Crippen molar-refractivity contribution in [2.45, 2.75) is 45.6 Å². The largest absolute Gasteiger partial charge is 0.478 e. The lowest BCUT2D eigenvalue weighted by molar-refractivity contribution is -0.132. The molecule has 0 spiro atoms. The zero-order valence-electron chi connectivity index (χ0n) is 9.39. The van der Waals surface area contributed by atoms with E-state index in [0.717, 1.165) is 19.3 Å². The second kappa shape index (κ2) is 5.81. The Morgan fingerprint density at radius 2 is 1.71 bits per heavy atom.